The molecule has 214 valence electrons. The third-order valence-electron chi connectivity index (χ3n) is 7.07. The van der Waals surface area contributed by atoms with Crippen molar-refractivity contribution in [3.63, 3.8) is 0 Å². The van der Waals surface area contributed by atoms with Crippen molar-refractivity contribution in [1.82, 2.24) is 20.1 Å². The first-order valence-corrected chi connectivity index (χ1v) is 14.0. The minimum atomic E-state index is -0.845. The number of unbranched alkanes of at least 4 members (excludes halogenated alkanes) is 1. The molecule has 0 aliphatic carbocycles. The van der Waals surface area contributed by atoms with Gasteiger partial charge < -0.3 is 10.8 Å². The van der Waals surface area contributed by atoms with E-state index >= 15 is 0 Å². The van der Waals surface area contributed by atoms with Crippen molar-refractivity contribution in [3.05, 3.63) is 102 Å². The minimum Gasteiger partial charge on any atom is -0.508 e. The van der Waals surface area contributed by atoms with Gasteiger partial charge in [0.05, 0.1) is 18.3 Å². The van der Waals surface area contributed by atoms with Crippen LogP contribution in [0.1, 0.15) is 62.4 Å². The van der Waals surface area contributed by atoms with Crippen molar-refractivity contribution in [2.24, 2.45) is 5.73 Å². The van der Waals surface area contributed by atoms with Crippen molar-refractivity contribution in [1.29, 1.82) is 0 Å². The van der Waals surface area contributed by atoms with Crippen molar-refractivity contribution in [2.75, 3.05) is 0 Å². The first kappa shape index (κ1) is 29.7. The summed E-state index contributed by atoms with van der Waals surface area (Å²) in [6.45, 7) is 7.27. The van der Waals surface area contributed by atoms with Gasteiger partial charge >= 0.3 is 0 Å². The number of phenols is 1. The molecule has 0 fully saturated rings. The lowest BCUT2D eigenvalue weighted by Gasteiger charge is -2.19. The Balaban J connectivity index is 1.33. The molecule has 8 nitrogen and oxygen atoms in total. The first-order valence-electron chi connectivity index (χ1n) is 14.0. The summed E-state index contributed by atoms with van der Waals surface area (Å²) in [7, 11) is 0. The largest absolute Gasteiger partial charge is 0.508 e. The number of nitrogens with one attached hydrogen (secondary N) is 1. The summed E-state index contributed by atoms with van der Waals surface area (Å²) in [5.41, 5.74) is 12.3. The monoisotopic (exact) mass is 553 g/mol. The van der Waals surface area contributed by atoms with Crippen molar-refractivity contribution < 1.29 is 14.7 Å². The Hall–Kier alpha value is -4.30. The normalized spacial score (nSPS) is 12.2. The molecule has 0 spiro atoms. The lowest BCUT2D eigenvalue weighted by molar-refractivity contribution is -0.131. The molecule has 2 aromatic heterocycles. The van der Waals surface area contributed by atoms with E-state index in [0.29, 0.717) is 13.0 Å². The fourth-order valence-electron chi connectivity index (χ4n) is 4.60. The summed E-state index contributed by atoms with van der Waals surface area (Å²) in [5, 5.41) is 16.7. The second kappa shape index (κ2) is 13.4. The molecule has 2 amide bonds. The number of nitrogens with zero attached hydrogens (tertiary/aromatic N) is 3. The number of hydrogen-bond acceptors (Lipinski definition) is 6. The van der Waals surface area contributed by atoms with E-state index in [-0.39, 0.29) is 29.9 Å². The summed E-state index contributed by atoms with van der Waals surface area (Å²) in [4.78, 5) is 28.9. The van der Waals surface area contributed by atoms with Crippen LogP contribution in [0.4, 0.5) is 0 Å². The maximum absolute atomic E-state index is 12.4. The number of carbonyl (C=O) groups excluding carboxylic acids is 2. The first-order chi connectivity index (χ1) is 19.6. The topological polar surface area (TPSA) is 123 Å². The fraction of sp³-hybridized carbons (Fsp3) is 0.333. The lowest BCUT2D eigenvalue weighted by atomic mass is 9.87. The molecule has 4 N–H and O–H groups in total. The van der Waals surface area contributed by atoms with E-state index in [4.69, 9.17) is 10.8 Å². The van der Waals surface area contributed by atoms with Gasteiger partial charge in [0.1, 0.15) is 5.75 Å². The Morgan fingerprint density at radius 1 is 0.951 bits per heavy atom. The van der Waals surface area contributed by atoms with Crippen LogP contribution in [-0.2, 0) is 34.4 Å². The second-order valence-corrected chi connectivity index (χ2v) is 11.5. The van der Waals surface area contributed by atoms with Crippen LogP contribution in [0.25, 0.3) is 11.3 Å². The van der Waals surface area contributed by atoms with Crippen LogP contribution in [0.2, 0.25) is 0 Å². The Bertz CT molecular complexity index is 1440. The van der Waals surface area contributed by atoms with Crippen LogP contribution in [-0.4, -0.2) is 37.7 Å². The van der Waals surface area contributed by atoms with Crippen LogP contribution >= 0.6 is 0 Å². The van der Waals surface area contributed by atoms with Gasteiger partial charge in [-0.25, -0.2) is 0 Å². The SMILES string of the molecule is CC(C)(C)c1ccc(Cn2nc(-c3ccncc3)cc2CCCCC(=O)NC(=O)C(N)Cc2ccc(O)cc2)cc1. The van der Waals surface area contributed by atoms with E-state index in [1.807, 2.05) is 16.8 Å². The molecule has 41 heavy (non-hydrogen) atoms. The zero-order valence-electron chi connectivity index (χ0n) is 24.0. The number of phenolic OH excluding ortho intramolecular Hbond substituents is 1. The summed E-state index contributed by atoms with van der Waals surface area (Å²) in [6, 6.07) is 20.3. The van der Waals surface area contributed by atoms with E-state index < -0.39 is 11.9 Å². The van der Waals surface area contributed by atoms with Crippen LogP contribution in [0, 0.1) is 0 Å². The quantitative estimate of drug-likeness (QED) is 0.227. The number of benzene rings is 2. The predicted octanol–water partition coefficient (Wildman–Crippen LogP) is 4.92. The molecule has 1 atom stereocenters. The summed E-state index contributed by atoms with van der Waals surface area (Å²) in [5.74, 6) is -0.685. The second-order valence-electron chi connectivity index (χ2n) is 11.5. The van der Waals surface area contributed by atoms with Crippen molar-refractivity contribution in [2.45, 2.75) is 70.9 Å². The molecular formula is C33H39N5O3. The van der Waals surface area contributed by atoms with Gasteiger partial charge in [-0.15, -0.1) is 0 Å². The number of pyridine rings is 1. The molecule has 0 aliphatic rings. The van der Waals surface area contributed by atoms with Gasteiger partial charge in [-0.1, -0.05) is 57.2 Å². The van der Waals surface area contributed by atoms with E-state index in [9.17, 15) is 14.7 Å². The number of nitrogens with two attached hydrogens (primary N) is 1. The third kappa shape index (κ3) is 8.59. The molecule has 8 heteroatoms. The molecule has 0 radical (unpaired) electrons. The van der Waals surface area contributed by atoms with Gasteiger partial charge in [-0.2, -0.15) is 5.10 Å². The average Bonchev–Trinajstić information content (AvgIpc) is 3.35. The third-order valence-corrected chi connectivity index (χ3v) is 7.07. The molecule has 2 heterocycles. The van der Waals surface area contributed by atoms with E-state index in [0.717, 1.165) is 35.4 Å². The number of aromatic hydroxyl groups is 1. The van der Waals surface area contributed by atoms with Crippen molar-refractivity contribution >= 4 is 11.8 Å². The maximum Gasteiger partial charge on any atom is 0.243 e. The number of carbonyl (C=O) groups is 2. The number of imide groups is 1. The molecule has 1 unspecified atom stereocenters. The smallest absolute Gasteiger partial charge is 0.243 e. The molecule has 0 saturated heterocycles. The predicted molar refractivity (Wildman–Crippen MR) is 160 cm³/mol. The highest BCUT2D eigenvalue weighted by molar-refractivity contribution is 5.97. The van der Waals surface area contributed by atoms with Gasteiger partial charge in [-0.05, 0) is 78.1 Å². The Kier molecular flexibility index (Phi) is 9.68. The van der Waals surface area contributed by atoms with E-state index in [1.165, 1.54) is 11.1 Å². The van der Waals surface area contributed by atoms with Crippen LogP contribution in [0.3, 0.4) is 0 Å². The van der Waals surface area contributed by atoms with E-state index in [1.54, 1.807) is 36.7 Å². The number of aryl methyl sites for hydroxylation is 1. The molecule has 0 saturated carbocycles. The summed E-state index contributed by atoms with van der Waals surface area (Å²) >= 11 is 0. The highest BCUT2D eigenvalue weighted by Crippen LogP contribution is 2.24. The molecule has 0 aliphatic heterocycles. The molecule has 4 aromatic rings. The molecule has 0 bridgehead atoms. The molecule has 4 rings (SSSR count). The van der Waals surface area contributed by atoms with Gasteiger partial charge in [0.25, 0.3) is 0 Å². The summed E-state index contributed by atoms with van der Waals surface area (Å²) < 4.78 is 2.04. The van der Waals surface area contributed by atoms with Crippen molar-refractivity contribution in [3.8, 4) is 17.0 Å². The van der Waals surface area contributed by atoms with Gasteiger partial charge in [0.2, 0.25) is 11.8 Å². The standard InChI is InChI=1S/C33H39N5O3/c1-33(2,3)26-12-8-24(9-13-26)22-38-27(21-30(37-38)25-16-18-35-19-17-25)6-4-5-7-31(40)36-32(41)29(34)20-23-10-14-28(39)15-11-23/h8-19,21,29,39H,4-7,20,22,34H2,1-3H3,(H,36,40,41). The Labute approximate surface area is 241 Å². The molecular weight excluding hydrogens is 514 g/mol. The average molecular weight is 554 g/mol. The van der Waals surface area contributed by atoms with Crippen LogP contribution in [0.5, 0.6) is 5.75 Å². The minimum absolute atomic E-state index is 0.0959. The molecule has 2 aromatic carbocycles. The highest BCUT2D eigenvalue weighted by Gasteiger charge is 2.18. The zero-order chi connectivity index (χ0) is 29.4. The Morgan fingerprint density at radius 2 is 1.61 bits per heavy atom. The maximum atomic E-state index is 12.4. The van der Waals surface area contributed by atoms with E-state index in [2.05, 4.69) is 61.4 Å². The van der Waals surface area contributed by atoms with Gasteiger partial charge in [-0.3, -0.25) is 24.6 Å². The Morgan fingerprint density at radius 3 is 2.27 bits per heavy atom. The van der Waals surface area contributed by atoms with Gasteiger partial charge in [0, 0.05) is 30.1 Å². The lowest BCUT2D eigenvalue weighted by Crippen LogP contribution is -2.44. The number of hydrogen-bond donors (Lipinski definition) is 3. The van der Waals surface area contributed by atoms with Crippen LogP contribution < -0.4 is 11.1 Å². The number of amides is 2. The number of rotatable bonds is 11. The summed E-state index contributed by atoms with van der Waals surface area (Å²) in [6.07, 6.45) is 6.18. The number of aromatic nitrogens is 3. The van der Waals surface area contributed by atoms with Crippen LogP contribution in [0.15, 0.2) is 79.1 Å². The van der Waals surface area contributed by atoms with Gasteiger partial charge in [0.15, 0.2) is 0 Å². The zero-order valence-corrected chi connectivity index (χ0v) is 24.0. The highest BCUT2D eigenvalue weighted by atomic mass is 16.3. The fourth-order valence-corrected chi connectivity index (χ4v) is 4.60.